The molecular formula is C16H23NO. The molecule has 3 rings (SSSR count). The van der Waals surface area contributed by atoms with Crippen LogP contribution in [0, 0.1) is 11.8 Å². The molecule has 0 aromatic heterocycles. The third-order valence-corrected chi connectivity index (χ3v) is 4.34. The van der Waals surface area contributed by atoms with Gasteiger partial charge >= 0.3 is 0 Å². The van der Waals surface area contributed by atoms with Crippen LogP contribution in [-0.2, 0) is 11.4 Å². The molecule has 0 spiro atoms. The van der Waals surface area contributed by atoms with Crippen LogP contribution in [-0.4, -0.2) is 6.04 Å². The van der Waals surface area contributed by atoms with E-state index in [0.717, 1.165) is 11.8 Å². The molecule has 0 radical (unpaired) electrons. The van der Waals surface area contributed by atoms with Gasteiger partial charge in [0.1, 0.15) is 0 Å². The molecule has 0 amide bonds. The molecule has 1 aromatic rings. The molecule has 2 unspecified atom stereocenters. The van der Waals surface area contributed by atoms with Crippen molar-refractivity contribution in [3.8, 4) is 0 Å². The molecule has 0 heterocycles. The Kier molecular flexibility index (Phi) is 3.96. The summed E-state index contributed by atoms with van der Waals surface area (Å²) in [5, 5.41) is 0. The number of rotatable bonds is 5. The van der Waals surface area contributed by atoms with Crippen molar-refractivity contribution in [1.82, 2.24) is 5.48 Å². The Morgan fingerprint density at radius 1 is 1.00 bits per heavy atom. The zero-order valence-electron chi connectivity index (χ0n) is 11.0. The predicted molar refractivity (Wildman–Crippen MR) is 72.8 cm³/mol. The molecule has 18 heavy (non-hydrogen) atoms. The summed E-state index contributed by atoms with van der Waals surface area (Å²) in [6.07, 6.45) is 8.36. The smallest absolute Gasteiger partial charge is 0.0933 e. The van der Waals surface area contributed by atoms with Crippen LogP contribution >= 0.6 is 0 Å². The lowest BCUT2D eigenvalue weighted by atomic mass is 9.83. The van der Waals surface area contributed by atoms with Gasteiger partial charge in [-0.05, 0) is 43.1 Å². The minimum absolute atomic E-state index is 0.577. The van der Waals surface area contributed by atoms with E-state index in [2.05, 4.69) is 29.7 Å². The van der Waals surface area contributed by atoms with E-state index in [1.807, 2.05) is 6.07 Å². The van der Waals surface area contributed by atoms with Gasteiger partial charge in [-0.2, -0.15) is 5.48 Å². The normalized spacial score (nSPS) is 28.2. The largest absolute Gasteiger partial charge is 0.297 e. The quantitative estimate of drug-likeness (QED) is 0.799. The molecule has 0 aliphatic heterocycles. The van der Waals surface area contributed by atoms with Gasteiger partial charge in [0.2, 0.25) is 0 Å². The molecule has 1 aromatic carbocycles. The maximum Gasteiger partial charge on any atom is 0.0933 e. The lowest BCUT2D eigenvalue weighted by Gasteiger charge is -2.29. The lowest BCUT2D eigenvalue weighted by molar-refractivity contribution is -0.0112. The van der Waals surface area contributed by atoms with Crippen molar-refractivity contribution >= 4 is 0 Å². The summed E-state index contributed by atoms with van der Waals surface area (Å²) < 4.78 is 0. The molecule has 2 saturated carbocycles. The zero-order chi connectivity index (χ0) is 12.2. The van der Waals surface area contributed by atoms with Crippen molar-refractivity contribution in [2.45, 2.75) is 51.2 Å². The molecule has 98 valence electrons. The van der Waals surface area contributed by atoms with Gasteiger partial charge in [0.15, 0.2) is 0 Å². The molecule has 0 bridgehead atoms. The van der Waals surface area contributed by atoms with Gasteiger partial charge in [-0.15, -0.1) is 0 Å². The van der Waals surface area contributed by atoms with Gasteiger partial charge in [-0.3, -0.25) is 4.84 Å². The highest BCUT2D eigenvalue weighted by atomic mass is 16.6. The number of benzene rings is 1. The van der Waals surface area contributed by atoms with E-state index in [9.17, 15) is 0 Å². The first-order valence-corrected chi connectivity index (χ1v) is 7.33. The first-order valence-electron chi connectivity index (χ1n) is 7.33. The molecule has 2 atom stereocenters. The fraction of sp³-hybridized carbons (Fsp3) is 0.625. The van der Waals surface area contributed by atoms with E-state index in [-0.39, 0.29) is 0 Å². The summed E-state index contributed by atoms with van der Waals surface area (Å²) >= 11 is 0. The van der Waals surface area contributed by atoms with Crippen molar-refractivity contribution in [2.75, 3.05) is 0 Å². The van der Waals surface area contributed by atoms with E-state index >= 15 is 0 Å². The monoisotopic (exact) mass is 245 g/mol. The van der Waals surface area contributed by atoms with Crippen molar-refractivity contribution in [3.05, 3.63) is 35.9 Å². The standard InChI is InChI=1S/C16H23NO/c1-2-5-13(6-3-1)12-18-17-16-8-4-7-15(11-16)14-9-10-14/h1-3,5-6,14-17H,4,7-12H2. The minimum Gasteiger partial charge on any atom is -0.297 e. The molecular weight excluding hydrogens is 222 g/mol. The average molecular weight is 245 g/mol. The van der Waals surface area contributed by atoms with Gasteiger partial charge in [0, 0.05) is 6.04 Å². The molecule has 2 aliphatic rings. The summed E-state index contributed by atoms with van der Waals surface area (Å²) in [6.45, 7) is 0.672. The molecule has 2 fully saturated rings. The predicted octanol–water partition coefficient (Wildman–Crippen LogP) is 3.68. The maximum atomic E-state index is 5.66. The number of hydrogen-bond acceptors (Lipinski definition) is 2. The Labute approximate surface area is 110 Å². The Morgan fingerprint density at radius 2 is 1.83 bits per heavy atom. The topological polar surface area (TPSA) is 21.3 Å². The van der Waals surface area contributed by atoms with Gasteiger partial charge in [0.25, 0.3) is 0 Å². The number of nitrogens with one attached hydrogen (secondary N) is 1. The third kappa shape index (κ3) is 3.33. The first kappa shape index (κ1) is 12.2. The second-order valence-corrected chi connectivity index (χ2v) is 5.85. The summed E-state index contributed by atoms with van der Waals surface area (Å²) in [4.78, 5) is 5.66. The summed E-state index contributed by atoms with van der Waals surface area (Å²) in [5.41, 5.74) is 4.52. The highest BCUT2D eigenvalue weighted by molar-refractivity contribution is 5.13. The van der Waals surface area contributed by atoms with E-state index in [1.165, 1.54) is 44.1 Å². The SMILES string of the molecule is c1ccc(CONC2CCCC(C3CC3)C2)cc1. The molecule has 0 saturated heterocycles. The summed E-state index contributed by atoms with van der Waals surface area (Å²) in [5.74, 6) is 2.01. The first-order chi connectivity index (χ1) is 8.92. The van der Waals surface area contributed by atoms with Crippen molar-refractivity contribution in [3.63, 3.8) is 0 Å². The fourth-order valence-corrected chi connectivity index (χ4v) is 3.15. The van der Waals surface area contributed by atoms with Crippen LogP contribution < -0.4 is 5.48 Å². The second kappa shape index (κ2) is 5.85. The van der Waals surface area contributed by atoms with Crippen molar-refractivity contribution < 1.29 is 4.84 Å². The van der Waals surface area contributed by atoms with Crippen LogP contribution in [0.5, 0.6) is 0 Å². The Morgan fingerprint density at radius 3 is 2.61 bits per heavy atom. The van der Waals surface area contributed by atoms with E-state index in [4.69, 9.17) is 4.84 Å². The highest BCUT2D eigenvalue weighted by Crippen LogP contribution is 2.43. The van der Waals surface area contributed by atoms with E-state index < -0.39 is 0 Å². The second-order valence-electron chi connectivity index (χ2n) is 5.85. The Hall–Kier alpha value is -0.860. The Bertz CT molecular complexity index is 361. The van der Waals surface area contributed by atoms with Gasteiger partial charge in [-0.25, -0.2) is 0 Å². The van der Waals surface area contributed by atoms with Gasteiger partial charge in [-0.1, -0.05) is 43.2 Å². The third-order valence-electron chi connectivity index (χ3n) is 4.34. The lowest BCUT2D eigenvalue weighted by Crippen LogP contribution is -2.34. The number of hydrogen-bond donors (Lipinski definition) is 1. The number of hydroxylamine groups is 1. The van der Waals surface area contributed by atoms with Crippen LogP contribution in [0.2, 0.25) is 0 Å². The highest BCUT2D eigenvalue weighted by Gasteiger charge is 2.34. The van der Waals surface area contributed by atoms with Crippen LogP contribution in [0.1, 0.15) is 44.1 Å². The van der Waals surface area contributed by atoms with E-state index in [1.54, 1.807) is 0 Å². The minimum atomic E-state index is 0.577. The zero-order valence-corrected chi connectivity index (χ0v) is 11.0. The van der Waals surface area contributed by atoms with Crippen LogP contribution in [0.15, 0.2) is 30.3 Å². The molecule has 2 aliphatic carbocycles. The molecule has 2 nitrogen and oxygen atoms in total. The average Bonchev–Trinajstić information content (AvgIpc) is 3.25. The van der Waals surface area contributed by atoms with Gasteiger partial charge < -0.3 is 0 Å². The van der Waals surface area contributed by atoms with Crippen LogP contribution in [0.25, 0.3) is 0 Å². The maximum absolute atomic E-state index is 5.66. The van der Waals surface area contributed by atoms with Crippen LogP contribution in [0.4, 0.5) is 0 Å². The molecule has 2 heteroatoms. The fourth-order valence-electron chi connectivity index (χ4n) is 3.15. The molecule has 1 N–H and O–H groups in total. The summed E-state index contributed by atoms with van der Waals surface area (Å²) in [6, 6.07) is 10.9. The van der Waals surface area contributed by atoms with Gasteiger partial charge in [0.05, 0.1) is 6.61 Å². The van der Waals surface area contributed by atoms with Crippen molar-refractivity contribution in [2.24, 2.45) is 11.8 Å². The Balaban J connectivity index is 1.40. The summed E-state index contributed by atoms with van der Waals surface area (Å²) in [7, 11) is 0. The van der Waals surface area contributed by atoms with E-state index in [0.29, 0.717) is 12.6 Å². The van der Waals surface area contributed by atoms with Crippen LogP contribution in [0.3, 0.4) is 0 Å². The van der Waals surface area contributed by atoms with Crippen molar-refractivity contribution in [1.29, 1.82) is 0 Å².